The Labute approximate surface area is 108 Å². The van der Waals surface area contributed by atoms with E-state index in [-0.39, 0.29) is 0 Å². The van der Waals surface area contributed by atoms with E-state index in [1.54, 1.807) is 0 Å². The number of nitrogens with zero attached hydrogens (tertiary/aromatic N) is 3. The van der Waals surface area contributed by atoms with Crippen molar-refractivity contribution < 1.29 is 0 Å². The van der Waals surface area contributed by atoms with Gasteiger partial charge in [0.2, 0.25) is 0 Å². The maximum atomic E-state index is 4.23. The van der Waals surface area contributed by atoms with E-state index in [0.717, 1.165) is 31.5 Å². The molecular weight excluding hydrogens is 224 g/mol. The summed E-state index contributed by atoms with van der Waals surface area (Å²) in [5, 5.41) is 3.54. The molecule has 0 unspecified atom stereocenters. The molecule has 1 aliphatic carbocycles. The number of imidazole rings is 1. The van der Waals surface area contributed by atoms with Gasteiger partial charge >= 0.3 is 0 Å². The lowest BCUT2D eigenvalue weighted by molar-refractivity contribution is 0.568. The van der Waals surface area contributed by atoms with Gasteiger partial charge in [0.15, 0.2) is 0 Å². The van der Waals surface area contributed by atoms with E-state index >= 15 is 0 Å². The van der Waals surface area contributed by atoms with Gasteiger partial charge in [0.1, 0.15) is 5.82 Å². The highest BCUT2D eigenvalue weighted by molar-refractivity contribution is 5.10. The van der Waals surface area contributed by atoms with Gasteiger partial charge in [-0.1, -0.05) is 0 Å². The summed E-state index contributed by atoms with van der Waals surface area (Å²) < 4.78 is 4.44. The molecule has 2 aromatic heterocycles. The third-order valence-electron chi connectivity index (χ3n) is 3.51. The minimum atomic E-state index is 0.780. The van der Waals surface area contributed by atoms with Crippen molar-refractivity contribution in [3.05, 3.63) is 42.2 Å². The van der Waals surface area contributed by atoms with Gasteiger partial charge in [-0.15, -0.1) is 0 Å². The monoisotopic (exact) mass is 244 g/mol. The summed E-state index contributed by atoms with van der Waals surface area (Å²) in [5.74, 6) is 1.08. The first-order chi connectivity index (χ1) is 8.81. The normalized spacial score (nSPS) is 15.2. The number of aromatic nitrogens is 3. The highest BCUT2D eigenvalue weighted by Crippen LogP contribution is 2.19. The fraction of sp³-hybridized carbons (Fsp3) is 0.500. The summed E-state index contributed by atoms with van der Waals surface area (Å²) >= 11 is 0. The summed E-state index contributed by atoms with van der Waals surface area (Å²) in [7, 11) is 0. The van der Waals surface area contributed by atoms with Crippen LogP contribution in [0.1, 0.15) is 24.2 Å². The predicted molar refractivity (Wildman–Crippen MR) is 71.3 cm³/mol. The van der Waals surface area contributed by atoms with Crippen LogP contribution in [0.3, 0.4) is 0 Å². The Morgan fingerprint density at radius 2 is 2.22 bits per heavy atom. The fourth-order valence-electron chi connectivity index (χ4n) is 2.15. The lowest BCUT2D eigenvalue weighted by atomic mass is 10.3. The molecule has 96 valence electrons. The van der Waals surface area contributed by atoms with Crippen molar-refractivity contribution >= 4 is 0 Å². The van der Waals surface area contributed by atoms with E-state index < -0.39 is 0 Å². The largest absolute Gasteiger partial charge is 0.352 e. The van der Waals surface area contributed by atoms with Crippen LogP contribution in [-0.4, -0.2) is 20.2 Å². The van der Waals surface area contributed by atoms with Crippen molar-refractivity contribution in [1.82, 2.24) is 19.4 Å². The molecule has 1 aliphatic rings. The van der Waals surface area contributed by atoms with Crippen molar-refractivity contribution in [2.75, 3.05) is 0 Å². The zero-order chi connectivity index (χ0) is 12.4. The van der Waals surface area contributed by atoms with Gasteiger partial charge in [-0.25, -0.2) is 4.98 Å². The Balaban J connectivity index is 1.51. The number of nitrogens with one attached hydrogen (secondary N) is 1. The van der Waals surface area contributed by atoms with Crippen molar-refractivity contribution in [2.45, 2.75) is 45.4 Å². The van der Waals surface area contributed by atoms with Crippen molar-refractivity contribution in [2.24, 2.45) is 0 Å². The second-order valence-corrected chi connectivity index (χ2v) is 5.08. The third kappa shape index (κ3) is 2.82. The first-order valence-corrected chi connectivity index (χ1v) is 6.67. The van der Waals surface area contributed by atoms with Gasteiger partial charge in [0, 0.05) is 50.5 Å². The smallest absolute Gasteiger partial charge is 0.105 e. The van der Waals surface area contributed by atoms with Crippen LogP contribution >= 0.6 is 0 Å². The van der Waals surface area contributed by atoms with Crippen molar-refractivity contribution in [1.29, 1.82) is 0 Å². The van der Waals surface area contributed by atoms with Crippen LogP contribution in [0.5, 0.6) is 0 Å². The molecule has 2 heterocycles. The Kier molecular flexibility index (Phi) is 3.19. The van der Waals surface area contributed by atoms with Crippen LogP contribution in [0.25, 0.3) is 0 Å². The number of rotatable bonds is 6. The minimum Gasteiger partial charge on any atom is -0.352 e. The van der Waals surface area contributed by atoms with Crippen LogP contribution in [0, 0.1) is 6.92 Å². The molecule has 2 aromatic rings. The van der Waals surface area contributed by atoms with Gasteiger partial charge < -0.3 is 14.5 Å². The number of aryl methyl sites for hydroxylation is 3. The summed E-state index contributed by atoms with van der Waals surface area (Å²) in [6, 6.07) is 2.98. The van der Waals surface area contributed by atoms with E-state index in [1.807, 2.05) is 19.3 Å². The zero-order valence-corrected chi connectivity index (χ0v) is 10.8. The van der Waals surface area contributed by atoms with Crippen molar-refractivity contribution in [3.63, 3.8) is 0 Å². The lowest BCUT2D eigenvalue weighted by Gasteiger charge is -2.06. The summed E-state index contributed by atoms with van der Waals surface area (Å²) in [4.78, 5) is 4.23. The molecule has 0 atom stereocenters. The van der Waals surface area contributed by atoms with Crippen LogP contribution < -0.4 is 5.32 Å². The number of hydrogen-bond acceptors (Lipinski definition) is 2. The molecule has 0 saturated heterocycles. The van der Waals surface area contributed by atoms with Gasteiger partial charge in [-0.3, -0.25) is 0 Å². The molecule has 18 heavy (non-hydrogen) atoms. The Hall–Kier alpha value is -1.55. The molecule has 0 aromatic carbocycles. The first-order valence-electron chi connectivity index (χ1n) is 6.67. The maximum Gasteiger partial charge on any atom is 0.105 e. The molecule has 0 amide bonds. The molecule has 1 fully saturated rings. The Morgan fingerprint density at radius 3 is 2.94 bits per heavy atom. The summed E-state index contributed by atoms with van der Waals surface area (Å²) in [5.41, 5.74) is 1.38. The SMILES string of the molecule is Cc1nccn1CCn1ccc(CNC2CC2)c1. The third-order valence-corrected chi connectivity index (χ3v) is 3.51. The minimum absolute atomic E-state index is 0.780. The van der Waals surface area contributed by atoms with Gasteiger partial charge in [-0.05, 0) is 31.4 Å². The molecule has 4 heteroatoms. The second-order valence-electron chi connectivity index (χ2n) is 5.08. The quantitative estimate of drug-likeness (QED) is 0.843. The zero-order valence-electron chi connectivity index (χ0n) is 10.8. The van der Waals surface area contributed by atoms with Crippen LogP contribution in [0.15, 0.2) is 30.9 Å². The number of hydrogen-bond donors (Lipinski definition) is 1. The molecular formula is C14H20N4. The Morgan fingerprint density at radius 1 is 1.33 bits per heavy atom. The van der Waals surface area contributed by atoms with Crippen LogP contribution in [0.4, 0.5) is 0 Å². The van der Waals surface area contributed by atoms with E-state index in [2.05, 4.69) is 37.9 Å². The van der Waals surface area contributed by atoms with Crippen LogP contribution in [0.2, 0.25) is 0 Å². The maximum absolute atomic E-state index is 4.23. The molecule has 0 spiro atoms. The van der Waals surface area contributed by atoms with Crippen LogP contribution in [-0.2, 0) is 19.6 Å². The summed E-state index contributed by atoms with van der Waals surface area (Å²) in [6.45, 7) is 5.03. The summed E-state index contributed by atoms with van der Waals surface area (Å²) in [6.07, 6.45) is 11.0. The average Bonchev–Trinajstić information content (AvgIpc) is 2.94. The molecule has 3 rings (SSSR count). The molecule has 4 nitrogen and oxygen atoms in total. The lowest BCUT2D eigenvalue weighted by Crippen LogP contribution is -2.14. The first kappa shape index (κ1) is 11.5. The standard InChI is InChI=1S/C14H20N4/c1-12-15-5-7-18(12)9-8-17-6-4-13(11-17)10-16-14-2-3-14/h4-7,11,14,16H,2-3,8-10H2,1H3. The molecule has 0 aliphatic heterocycles. The Bertz CT molecular complexity index is 507. The van der Waals surface area contributed by atoms with Gasteiger partial charge in [-0.2, -0.15) is 0 Å². The molecule has 0 radical (unpaired) electrons. The highest BCUT2D eigenvalue weighted by atomic mass is 15.1. The molecule has 1 saturated carbocycles. The second kappa shape index (κ2) is 4.98. The topological polar surface area (TPSA) is 34.8 Å². The highest BCUT2D eigenvalue weighted by Gasteiger charge is 2.19. The predicted octanol–water partition coefficient (Wildman–Crippen LogP) is 1.95. The molecule has 0 bridgehead atoms. The fourth-order valence-corrected chi connectivity index (χ4v) is 2.15. The van der Waals surface area contributed by atoms with E-state index in [4.69, 9.17) is 0 Å². The van der Waals surface area contributed by atoms with E-state index in [1.165, 1.54) is 18.4 Å². The van der Waals surface area contributed by atoms with Gasteiger partial charge in [0.25, 0.3) is 0 Å². The van der Waals surface area contributed by atoms with E-state index in [0.29, 0.717) is 0 Å². The average molecular weight is 244 g/mol. The molecule has 1 N–H and O–H groups in total. The van der Waals surface area contributed by atoms with E-state index in [9.17, 15) is 0 Å². The van der Waals surface area contributed by atoms with Crippen molar-refractivity contribution in [3.8, 4) is 0 Å². The van der Waals surface area contributed by atoms with Gasteiger partial charge in [0.05, 0.1) is 0 Å².